The first kappa shape index (κ1) is 13.8. The van der Waals surface area contributed by atoms with Crippen LogP contribution in [0.15, 0.2) is 30.3 Å². The lowest BCUT2D eigenvalue weighted by molar-refractivity contribution is 0.317. The van der Waals surface area contributed by atoms with Gasteiger partial charge in [0.05, 0.1) is 6.61 Å². The van der Waals surface area contributed by atoms with E-state index in [4.69, 9.17) is 14.7 Å². The Hall–Kier alpha value is -2.61. The van der Waals surface area contributed by atoms with E-state index in [1.165, 1.54) is 0 Å². The summed E-state index contributed by atoms with van der Waals surface area (Å²) in [5.74, 6) is 1.39. The molecule has 0 saturated heterocycles. The van der Waals surface area contributed by atoms with E-state index >= 15 is 0 Å². The van der Waals surface area contributed by atoms with Crippen molar-refractivity contribution in [3.05, 3.63) is 41.7 Å². The second kappa shape index (κ2) is 6.53. The molecule has 1 heterocycles. The maximum absolute atomic E-state index is 8.86. The minimum atomic E-state index is 0.170. The van der Waals surface area contributed by atoms with Gasteiger partial charge in [-0.3, -0.25) is 0 Å². The average molecular weight is 269 g/mol. The minimum absolute atomic E-state index is 0.170. The van der Waals surface area contributed by atoms with Crippen molar-refractivity contribution in [2.75, 3.05) is 6.61 Å². The Morgan fingerprint density at radius 2 is 1.85 bits per heavy atom. The van der Waals surface area contributed by atoms with Crippen LogP contribution in [0.5, 0.6) is 17.5 Å². The molecule has 5 heteroatoms. The van der Waals surface area contributed by atoms with Crippen molar-refractivity contribution in [1.29, 1.82) is 5.26 Å². The van der Waals surface area contributed by atoms with Gasteiger partial charge in [0, 0.05) is 5.69 Å². The molecule has 5 nitrogen and oxygen atoms in total. The van der Waals surface area contributed by atoms with E-state index in [1.54, 1.807) is 25.1 Å². The predicted octanol–water partition coefficient (Wildman–Crippen LogP) is 3.24. The van der Waals surface area contributed by atoms with Gasteiger partial charge in [0.15, 0.2) is 0 Å². The topological polar surface area (TPSA) is 68.0 Å². The van der Waals surface area contributed by atoms with Gasteiger partial charge in [-0.2, -0.15) is 10.2 Å². The van der Waals surface area contributed by atoms with Gasteiger partial charge in [-0.15, -0.1) is 0 Å². The maximum Gasteiger partial charge on any atom is 0.323 e. The SMILES string of the molecule is CCCOc1ccc(Oc2nc(C)cc(C#N)n2)cc1. The van der Waals surface area contributed by atoms with Crippen LogP contribution < -0.4 is 9.47 Å². The number of rotatable bonds is 5. The van der Waals surface area contributed by atoms with Crippen LogP contribution >= 0.6 is 0 Å². The lowest BCUT2D eigenvalue weighted by Gasteiger charge is -2.07. The Labute approximate surface area is 117 Å². The van der Waals surface area contributed by atoms with E-state index in [2.05, 4.69) is 16.9 Å². The lowest BCUT2D eigenvalue weighted by Crippen LogP contribution is -1.97. The van der Waals surface area contributed by atoms with E-state index in [-0.39, 0.29) is 11.7 Å². The largest absolute Gasteiger partial charge is 0.494 e. The third kappa shape index (κ3) is 3.69. The van der Waals surface area contributed by atoms with Gasteiger partial charge < -0.3 is 9.47 Å². The minimum Gasteiger partial charge on any atom is -0.494 e. The molecular weight excluding hydrogens is 254 g/mol. The second-order valence-electron chi connectivity index (χ2n) is 4.21. The molecule has 0 atom stereocenters. The fraction of sp³-hybridized carbons (Fsp3) is 0.267. The Kier molecular flexibility index (Phi) is 4.51. The van der Waals surface area contributed by atoms with Crippen LogP contribution in [0.4, 0.5) is 0 Å². The molecule has 1 aromatic heterocycles. The number of nitriles is 1. The van der Waals surface area contributed by atoms with Crippen LogP contribution in [0, 0.1) is 18.3 Å². The molecule has 0 N–H and O–H groups in total. The molecule has 0 spiro atoms. The first-order valence-corrected chi connectivity index (χ1v) is 6.37. The number of aryl methyl sites for hydroxylation is 1. The molecule has 20 heavy (non-hydrogen) atoms. The van der Waals surface area contributed by atoms with Gasteiger partial charge in [0.1, 0.15) is 23.3 Å². The molecular formula is C15H15N3O2. The highest BCUT2D eigenvalue weighted by Gasteiger charge is 2.04. The highest BCUT2D eigenvalue weighted by Crippen LogP contribution is 2.22. The number of benzene rings is 1. The molecule has 0 amide bonds. The summed E-state index contributed by atoms with van der Waals surface area (Å²) in [6, 6.07) is 11.0. The molecule has 0 radical (unpaired) electrons. The summed E-state index contributed by atoms with van der Waals surface area (Å²) in [7, 11) is 0. The third-order valence-electron chi connectivity index (χ3n) is 2.45. The average Bonchev–Trinajstić information content (AvgIpc) is 2.46. The molecule has 102 valence electrons. The van der Waals surface area contributed by atoms with Crippen LogP contribution in [0.2, 0.25) is 0 Å². The monoisotopic (exact) mass is 269 g/mol. The number of hydrogen-bond donors (Lipinski definition) is 0. The molecule has 0 aliphatic heterocycles. The van der Waals surface area contributed by atoms with Gasteiger partial charge in [-0.05, 0) is 43.7 Å². The van der Waals surface area contributed by atoms with E-state index < -0.39 is 0 Å². The summed E-state index contributed by atoms with van der Waals surface area (Å²) >= 11 is 0. The molecule has 0 aliphatic rings. The van der Waals surface area contributed by atoms with Gasteiger partial charge in [0.2, 0.25) is 0 Å². The van der Waals surface area contributed by atoms with Crippen molar-refractivity contribution < 1.29 is 9.47 Å². The standard InChI is InChI=1S/C15H15N3O2/c1-3-8-19-13-4-6-14(7-5-13)20-15-17-11(2)9-12(10-16)18-15/h4-7,9H,3,8H2,1-2H3. The van der Waals surface area contributed by atoms with Crippen molar-refractivity contribution in [2.45, 2.75) is 20.3 Å². The number of nitrogens with zero attached hydrogens (tertiary/aromatic N) is 3. The van der Waals surface area contributed by atoms with E-state index in [1.807, 2.05) is 18.2 Å². The maximum atomic E-state index is 8.86. The molecule has 2 aromatic rings. The molecule has 2 rings (SSSR count). The van der Waals surface area contributed by atoms with Crippen LogP contribution in [0.25, 0.3) is 0 Å². The normalized spacial score (nSPS) is 9.85. The molecule has 1 aromatic carbocycles. The van der Waals surface area contributed by atoms with E-state index in [0.29, 0.717) is 18.1 Å². The smallest absolute Gasteiger partial charge is 0.323 e. The first-order chi connectivity index (χ1) is 9.71. The summed E-state index contributed by atoms with van der Waals surface area (Å²) in [5.41, 5.74) is 0.977. The summed E-state index contributed by atoms with van der Waals surface area (Å²) < 4.78 is 11.0. The molecule has 0 fully saturated rings. The molecule has 0 bridgehead atoms. The fourth-order valence-corrected chi connectivity index (χ4v) is 1.57. The second-order valence-corrected chi connectivity index (χ2v) is 4.21. The van der Waals surface area contributed by atoms with E-state index in [0.717, 1.165) is 12.2 Å². The van der Waals surface area contributed by atoms with Crippen LogP contribution in [0.3, 0.4) is 0 Å². The summed E-state index contributed by atoms with van der Waals surface area (Å²) in [6.07, 6.45) is 0.965. The van der Waals surface area contributed by atoms with Gasteiger partial charge >= 0.3 is 6.01 Å². The Morgan fingerprint density at radius 1 is 1.15 bits per heavy atom. The van der Waals surface area contributed by atoms with Crippen molar-refractivity contribution in [2.24, 2.45) is 0 Å². The van der Waals surface area contributed by atoms with Crippen molar-refractivity contribution in [3.8, 4) is 23.6 Å². The molecule has 0 saturated carbocycles. The lowest BCUT2D eigenvalue weighted by atomic mass is 10.3. The number of hydrogen-bond acceptors (Lipinski definition) is 5. The van der Waals surface area contributed by atoms with E-state index in [9.17, 15) is 0 Å². The highest BCUT2D eigenvalue weighted by atomic mass is 16.5. The Balaban J connectivity index is 2.10. The Morgan fingerprint density at radius 3 is 2.50 bits per heavy atom. The Bertz CT molecular complexity index is 618. The summed E-state index contributed by atoms with van der Waals surface area (Å²) in [5, 5.41) is 8.86. The zero-order valence-electron chi connectivity index (χ0n) is 11.5. The van der Waals surface area contributed by atoms with Gasteiger partial charge in [-0.1, -0.05) is 6.92 Å². The zero-order chi connectivity index (χ0) is 14.4. The summed E-state index contributed by atoms with van der Waals surface area (Å²) in [4.78, 5) is 8.13. The summed E-state index contributed by atoms with van der Waals surface area (Å²) in [6.45, 7) is 4.53. The van der Waals surface area contributed by atoms with Gasteiger partial charge in [-0.25, -0.2) is 4.98 Å². The highest BCUT2D eigenvalue weighted by molar-refractivity contribution is 5.33. The van der Waals surface area contributed by atoms with Crippen molar-refractivity contribution in [1.82, 2.24) is 9.97 Å². The van der Waals surface area contributed by atoms with Crippen molar-refractivity contribution in [3.63, 3.8) is 0 Å². The van der Waals surface area contributed by atoms with Gasteiger partial charge in [0.25, 0.3) is 0 Å². The van der Waals surface area contributed by atoms with Crippen LogP contribution in [-0.2, 0) is 0 Å². The zero-order valence-corrected chi connectivity index (χ0v) is 11.5. The first-order valence-electron chi connectivity index (χ1n) is 6.37. The third-order valence-corrected chi connectivity index (χ3v) is 2.45. The number of ether oxygens (including phenoxy) is 2. The quantitative estimate of drug-likeness (QED) is 0.833. The van der Waals surface area contributed by atoms with Crippen molar-refractivity contribution >= 4 is 0 Å². The molecule has 0 aliphatic carbocycles. The predicted molar refractivity (Wildman–Crippen MR) is 73.8 cm³/mol. The fourth-order valence-electron chi connectivity index (χ4n) is 1.57. The van der Waals surface area contributed by atoms with Crippen LogP contribution in [-0.4, -0.2) is 16.6 Å². The van der Waals surface area contributed by atoms with Crippen LogP contribution in [0.1, 0.15) is 24.7 Å². The number of aromatic nitrogens is 2. The molecule has 0 unspecified atom stereocenters.